The van der Waals surface area contributed by atoms with Crippen LogP contribution in [0.1, 0.15) is 32.8 Å². The summed E-state index contributed by atoms with van der Waals surface area (Å²) >= 11 is -0.273. The normalized spacial score (nSPS) is 17.6. The molecule has 4 rings (SSSR count). The second kappa shape index (κ2) is 15.5. The summed E-state index contributed by atoms with van der Waals surface area (Å²) in [5.74, 6) is -0.373. The van der Waals surface area contributed by atoms with E-state index in [0.717, 1.165) is 31.1 Å². The summed E-state index contributed by atoms with van der Waals surface area (Å²) in [6.07, 6.45) is -2.21. The highest BCUT2D eigenvalue weighted by molar-refractivity contribution is 8.00. The summed E-state index contributed by atoms with van der Waals surface area (Å²) in [6, 6.07) is 7.80. The lowest BCUT2D eigenvalue weighted by Crippen LogP contribution is -2.47. The molecule has 1 aromatic carbocycles. The third kappa shape index (κ3) is 11.1. The predicted molar refractivity (Wildman–Crippen MR) is 160 cm³/mol. The van der Waals surface area contributed by atoms with Crippen LogP contribution in [0.4, 0.5) is 42.6 Å². The number of carbonyl (C=O) groups is 3. The minimum atomic E-state index is -4.45. The SMILES string of the molecule is CC(F)(F)F.CC1(C)C(=O)N(c2ccc(SC(F)(F)F)cc2)C(=O)N1Cc1ccnc(NC(=O)CCN2CCN(CCO)CC2)c1. The molecule has 2 aromatic rings. The number of piperazine rings is 1. The fraction of sp³-hybridized carbons (Fsp3) is 0.517. The molecule has 17 heteroatoms. The van der Waals surface area contributed by atoms with Crippen LogP contribution in [0, 0.1) is 0 Å². The summed E-state index contributed by atoms with van der Waals surface area (Å²) in [7, 11) is 0. The van der Waals surface area contributed by atoms with E-state index in [1.807, 2.05) is 0 Å². The van der Waals surface area contributed by atoms with Gasteiger partial charge in [-0.15, -0.1) is 0 Å². The molecule has 254 valence electrons. The van der Waals surface area contributed by atoms with E-state index in [1.54, 1.807) is 26.0 Å². The molecule has 0 spiro atoms. The lowest BCUT2D eigenvalue weighted by molar-refractivity contribution is -0.123. The van der Waals surface area contributed by atoms with Gasteiger partial charge in [-0.3, -0.25) is 14.5 Å². The summed E-state index contributed by atoms with van der Waals surface area (Å²) in [5.41, 5.74) is -4.84. The topological polar surface area (TPSA) is 109 Å². The number of carbonyl (C=O) groups excluding carboxylic acids is 3. The molecule has 2 N–H and O–H groups in total. The van der Waals surface area contributed by atoms with Crippen molar-refractivity contribution in [2.45, 2.75) is 55.9 Å². The first-order valence-electron chi connectivity index (χ1n) is 14.3. The van der Waals surface area contributed by atoms with E-state index >= 15 is 0 Å². The number of anilines is 2. The maximum atomic E-state index is 13.3. The van der Waals surface area contributed by atoms with Crippen molar-refractivity contribution in [1.82, 2.24) is 19.7 Å². The third-order valence-corrected chi connectivity index (χ3v) is 7.86. The molecule has 3 heterocycles. The van der Waals surface area contributed by atoms with Crippen LogP contribution < -0.4 is 10.2 Å². The largest absolute Gasteiger partial charge is 0.446 e. The molecule has 0 radical (unpaired) electrons. The highest BCUT2D eigenvalue weighted by Crippen LogP contribution is 2.39. The van der Waals surface area contributed by atoms with Gasteiger partial charge in [0.25, 0.3) is 5.91 Å². The van der Waals surface area contributed by atoms with Gasteiger partial charge in [0.05, 0.1) is 12.3 Å². The Morgan fingerprint density at radius 1 is 0.978 bits per heavy atom. The van der Waals surface area contributed by atoms with Gasteiger partial charge in [-0.25, -0.2) is 14.7 Å². The first-order valence-corrected chi connectivity index (χ1v) is 15.1. The fourth-order valence-corrected chi connectivity index (χ4v) is 5.33. The number of rotatable bonds is 10. The molecule has 1 aromatic heterocycles. The lowest BCUT2D eigenvalue weighted by atomic mass is 10.0. The molecule has 46 heavy (non-hydrogen) atoms. The van der Waals surface area contributed by atoms with Crippen LogP contribution in [0.3, 0.4) is 0 Å². The molecule has 0 atom stereocenters. The Labute approximate surface area is 266 Å². The van der Waals surface area contributed by atoms with E-state index in [2.05, 4.69) is 20.1 Å². The molecule has 2 saturated heterocycles. The van der Waals surface area contributed by atoms with E-state index in [-0.39, 0.29) is 54.7 Å². The number of β-amino-alcohol motifs (C(OH)–C–C–N with tert-alkyl or cyclic N) is 1. The smallest absolute Gasteiger partial charge is 0.395 e. The number of thioether (sulfide) groups is 1. The molecule has 4 amide bonds. The average Bonchev–Trinajstić information content (AvgIpc) is 3.11. The van der Waals surface area contributed by atoms with Crippen LogP contribution in [0.15, 0.2) is 47.5 Å². The van der Waals surface area contributed by atoms with Gasteiger partial charge < -0.3 is 20.2 Å². The molecule has 10 nitrogen and oxygen atoms in total. The zero-order valence-electron chi connectivity index (χ0n) is 25.5. The van der Waals surface area contributed by atoms with E-state index in [4.69, 9.17) is 5.11 Å². The van der Waals surface area contributed by atoms with Crippen molar-refractivity contribution in [3.8, 4) is 0 Å². The summed E-state index contributed by atoms with van der Waals surface area (Å²) in [6.45, 7) is 8.19. The number of nitrogens with zero attached hydrogens (tertiary/aromatic N) is 5. The van der Waals surface area contributed by atoms with Crippen molar-refractivity contribution in [2.24, 2.45) is 0 Å². The first-order chi connectivity index (χ1) is 21.4. The van der Waals surface area contributed by atoms with Gasteiger partial charge in [0.2, 0.25) is 5.91 Å². The van der Waals surface area contributed by atoms with Crippen molar-refractivity contribution >= 4 is 41.1 Å². The van der Waals surface area contributed by atoms with Crippen molar-refractivity contribution < 1.29 is 45.8 Å². The van der Waals surface area contributed by atoms with Crippen LogP contribution in [-0.2, 0) is 16.1 Å². The Morgan fingerprint density at radius 2 is 1.54 bits per heavy atom. The second-order valence-corrected chi connectivity index (χ2v) is 12.3. The summed E-state index contributed by atoms with van der Waals surface area (Å²) < 4.78 is 69.1. The number of hydrogen-bond acceptors (Lipinski definition) is 8. The molecule has 0 bridgehead atoms. The molecule has 2 aliphatic rings. The number of aliphatic hydroxyl groups excluding tert-OH is 1. The van der Waals surface area contributed by atoms with Crippen molar-refractivity contribution in [3.63, 3.8) is 0 Å². The van der Waals surface area contributed by atoms with Gasteiger partial charge in [0.1, 0.15) is 11.4 Å². The van der Waals surface area contributed by atoms with Crippen LogP contribution in [0.2, 0.25) is 0 Å². The molecule has 0 unspecified atom stereocenters. The number of amides is 4. The molecule has 2 aliphatic heterocycles. The number of alkyl halides is 6. The molecule has 0 aliphatic carbocycles. The van der Waals surface area contributed by atoms with Gasteiger partial charge in [-0.05, 0) is 67.6 Å². The first kappa shape index (κ1) is 37.1. The minimum absolute atomic E-state index is 0.0524. The van der Waals surface area contributed by atoms with Crippen LogP contribution >= 0.6 is 11.8 Å². The number of benzene rings is 1. The molecule has 0 saturated carbocycles. The standard InChI is InChI=1S/C27H33F3N6O4S.C2H3F3/c1-26(2)24(39)36(20-3-5-21(6-4-20)41-27(28,29)30)25(40)35(26)18-19-7-9-31-22(17-19)32-23(38)8-10-33-11-13-34(14-12-33)15-16-37;1-2(3,4)5/h3-7,9,17,37H,8,10-16,18H2,1-2H3,(H,31,32,38);1H3. The minimum Gasteiger partial charge on any atom is -0.395 e. The van der Waals surface area contributed by atoms with E-state index in [9.17, 15) is 40.7 Å². The van der Waals surface area contributed by atoms with Crippen LogP contribution in [0.25, 0.3) is 0 Å². The van der Waals surface area contributed by atoms with Crippen molar-refractivity contribution in [3.05, 3.63) is 48.2 Å². The molecular formula is C29H36F6N6O4S. The monoisotopic (exact) mass is 678 g/mol. The Hall–Kier alpha value is -3.41. The number of imide groups is 1. The van der Waals surface area contributed by atoms with Crippen LogP contribution in [-0.4, -0.2) is 106 Å². The fourth-order valence-electron chi connectivity index (χ4n) is 4.79. The zero-order valence-corrected chi connectivity index (χ0v) is 26.3. The number of pyridine rings is 1. The average molecular weight is 679 g/mol. The van der Waals surface area contributed by atoms with Gasteiger partial charge >= 0.3 is 17.7 Å². The van der Waals surface area contributed by atoms with Gasteiger partial charge in [-0.2, -0.15) is 26.3 Å². The van der Waals surface area contributed by atoms with E-state index in [0.29, 0.717) is 24.5 Å². The second-order valence-electron chi connectivity index (χ2n) is 11.1. The number of nitrogens with one attached hydrogen (secondary N) is 1. The number of aromatic nitrogens is 1. The highest BCUT2D eigenvalue weighted by atomic mass is 32.2. The number of urea groups is 1. The molecule has 2 fully saturated rings. The number of aliphatic hydroxyl groups is 1. The Bertz CT molecular complexity index is 1340. The quantitative estimate of drug-likeness (QED) is 0.207. The lowest BCUT2D eigenvalue weighted by Gasteiger charge is -2.34. The zero-order chi connectivity index (χ0) is 34.3. The van der Waals surface area contributed by atoms with Gasteiger partial charge in [0.15, 0.2) is 0 Å². The maximum Gasteiger partial charge on any atom is 0.446 e. The Morgan fingerprint density at radius 3 is 2.09 bits per heavy atom. The summed E-state index contributed by atoms with van der Waals surface area (Å²) in [5, 5.41) is 11.9. The predicted octanol–water partition coefficient (Wildman–Crippen LogP) is 4.95. The van der Waals surface area contributed by atoms with Crippen molar-refractivity contribution in [1.29, 1.82) is 0 Å². The van der Waals surface area contributed by atoms with Gasteiger partial charge in [0, 0.05) is 70.3 Å². The number of halogens is 6. The Balaban J connectivity index is 0.00000107. The van der Waals surface area contributed by atoms with E-state index in [1.165, 1.54) is 35.4 Å². The third-order valence-electron chi connectivity index (χ3n) is 7.12. The Kier molecular flexibility index (Phi) is 12.4. The number of hydrogen-bond donors (Lipinski definition) is 2. The maximum absolute atomic E-state index is 13.3. The molecular weight excluding hydrogens is 642 g/mol. The van der Waals surface area contributed by atoms with Gasteiger partial charge in [-0.1, -0.05) is 0 Å². The van der Waals surface area contributed by atoms with Crippen molar-refractivity contribution in [2.75, 3.05) is 56.1 Å². The summed E-state index contributed by atoms with van der Waals surface area (Å²) in [4.78, 5) is 50.0. The van der Waals surface area contributed by atoms with E-state index < -0.39 is 29.2 Å². The highest BCUT2D eigenvalue weighted by Gasteiger charge is 2.51. The van der Waals surface area contributed by atoms with Crippen LogP contribution in [0.5, 0.6) is 0 Å².